The van der Waals surface area contributed by atoms with E-state index in [9.17, 15) is 0 Å². The molecule has 3 rings (SSSR count). The number of aliphatic imine (C=N–C) groups is 1. The number of hydrogen-bond donors (Lipinski definition) is 1. The first-order valence-corrected chi connectivity index (χ1v) is 10.1. The summed E-state index contributed by atoms with van der Waals surface area (Å²) < 4.78 is 7.76. The maximum atomic E-state index is 5.94. The minimum Gasteiger partial charge on any atom is -0.370 e. The number of morpholine rings is 1. The summed E-state index contributed by atoms with van der Waals surface area (Å²) >= 11 is 0. The van der Waals surface area contributed by atoms with Gasteiger partial charge in [0, 0.05) is 52.0 Å². The molecule has 1 aromatic rings. The van der Waals surface area contributed by atoms with Gasteiger partial charge in [-0.05, 0) is 39.5 Å². The average molecular weight is 505 g/mol. The van der Waals surface area contributed by atoms with Gasteiger partial charge in [0.1, 0.15) is 6.10 Å². The Hall–Kier alpha value is -0.910. The van der Waals surface area contributed by atoms with Gasteiger partial charge in [-0.15, -0.1) is 24.0 Å². The monoisotopic (exact) mass is 505 g/mol. The van der Waals surface area contributed by atoms with E-state index >= 15 is 0 Å². The van der Waals surface area contributed by atoms with Gasteiger partial charge in [-0.3, -0.25) is 9.67 Å². The summed E-state index contributed by atoms with van der Waals surface area (Å²) in [7, 11) is 6.02. The van der Waals surface area contributed by atoms with E-state index in [4.69, 9.17) is 4.74 Å². The molecule has 0 radical (unpaired) electrons. The number of hydrogen-bond acceptors (Lipinski definition) is 5. The van der Waals surface area contributed by atoms with Crippen LogP contribution in [0, 0.1) is 0 Å². The van der Waals surface area contributed by atoms with Crippen molar-refractivity contribution in [1.29, 1.82) is 0 Å². The fourth-order valence-electron chi connectivity index (χ4n) is 3.81. The molecule has 28 heavy (non-hydrogen) atoms. The van der Waals surface area contributed by atoms with E-state index in [0.717, 1.165) is 44.1 Å². The highest BCUT2D eigenvalue weighted by molar-refractivity contribution is 14.0. The molecule has 0 amide bonds. The van der Waals surface area contributed by atoms with Crippen LogP contribution in [0.5, 0.6) is 0 Å². The zero-order valence-corrected chi connectivity index (χ0v) is 19.8. The standard InChI is InChI=1S/C19H35N7O.HI/c1-20-19(21-6-4-8-25-9-5-7-23(2)10-11-25)26-12-13-27-18(16-26)17-14-22-24(3)15-17;/h14-15,18H,4-13,16H2,1-3H3,(H,20,21);1H. The van der Waals surface area contributed by atoms with E-state index in [1.54, 1.807) is 0 Å². The van der Waals surface area contributed by atoms with Crippen LogP contribution in [0.15, 0.2) is 17.4 Å². The summed E-state index contributed by atoms with van der Waals surface area (Å²) in [6.45, 7) is 9.29. The maximum absolute atomic E-state index is 5.94. The molecule has 9 heteroatoms. The lowest BCUT2D eigenvalue weighted by Crippen LogP contribution is -2.48. The Labute approximate surface area is 186 Å². The Morgan fingerprint density at radius 1 is 1.25 bits per heavy atom. The lowest BCUT2D eigenvalue weighted by Gasteiger charge is -2.34. The van der Waals surface area contributed by atoms with E-state index in [1.807, 2.05) is 31.2 Å². The van der Waals surface area contributed by atoms with Crippen LogP contribution in [0.1, 0.15) is 24.5 Å². The molecule has 3 heterocycles. The molecule has 0 bridgehead atoms. The van der Waals surface area contributed by atoms with Crippen LogP contribution < -0.4 is 5.32 Å². The number of likely N-dealkylation sites (N-methyl/N-ethyl adjacent to an activating group) is 1. The molecular weight excluding hydrogens is 469 g/mol. The van der Waals surface area contributed by atoms with Crippen molar-refractivity contribution in [3.8, 4) is 0 Å². The molecule has 1 aromatic heterocycles. The number of ether oxygens (including phenoxy) is 1. The summed E-state index contributed by atoms with van der Waals surface area (Å²) in [5.74, 6) is 0.975. The first-order valence-electron chi connectivity index (χ1n) is 10.1. The summed E-state index contributed by atoms with van der Waals surface area (Å²) in [5, 5.41) is 7.81. The fraction of sp³-hybridized carbons (Fsp3) is 0.789. The second kappa shape index (κ2) is 11.9. The third-order valence-corrected chi connectivity index (χ3v) is 5.42. The van der Waals surface area contributed by atoms with Crippen LogP contribution in [0.3, 0.4) is 0 Å². The maximum Gasteiger partial charge on any atom is 0.193 e. The molecule has 0 spiro atoms. The molecule has 1 N–H and O–H groups in total. The second-order valence-electron chi connectivity index (χ2n) is 7.58. The summed E-state index contributed by atoms with van der Waals surface area (Å²) in [6.07, 6.45) is 6.39. The number of rotatable bonds is 5. The van der Waals surface area contributed by atoms with Crippen LogP contribution in [-0.4, -0.2) is 104 Å². The summed E-state index contributed by atoms with van der Waals surface area (Å²) in [5.41, 5.74) is 1.13. The van der Waals surface area contributed by atoms with Gasteiger partial charge in [0.2, 0.25) is 0 Å². The van der Waals surface area contributed by atoms with Gasteiger partial charge in [0.05, 0.1) is 19.3 Å². The molecule has 0 aromatic carbocycles. The van der Waals surface area contributed by atoms with Crippen LogP contribution in [-0.2, 0) is 11.8 Å². The molecule has 1 atom stereocenters. The smallest absolute Gasteiger partial charge is 0.193 e. The van der Waals surface area contributed by atoms with Gasteiger partial charge >= 0.3 is 0 Å². The van der Waals surface area contributed by atoms with Crippen LogP contribution in [0.4, 0.5) is 0 Å². The van der Waals surface area contributed by atoms with E-state index in [-0.39, 0.29) is 30.1 Å². The molecule has 2 saturated heterocycles. The number of aryl methyl sites for hydroxylation is 1. The summed E-state index contributed by atoms with van der Waals surface area (Å²) in [6, 6.07) is 0. The predicted molar refractivity (Wildman–Crippen MR) is 123 cm³/mol. The second-order valence-corrected chi connectivity index (χ2v) is 7.58. The van der Waals surface area contributed by atoms with Crippen molar-refractivity contribution in [2.45, 2.75) is 18.9 Å². The fourth-order valence-corrected chi connectivity index (χ4v) is 3.81. The SMILES string of the molecule is CN=C(NCCCN1CCCN(C)CC1)N1CCOC(c2cnn(C)c2)C1.I. The van der Waals surface area contributed by atoms with E-state index in [0.29, 0.717) is 6.61 Å². The van der Waals surface area contributed by atoms with E-state index in [1.165, 1.54) is 32.6 Å². The molecule has 2 fully saturated rings. The largest absolute Gasteiger partial charge is 0.370 e. The van der Waals surface area contributed by atoms with E-state index in [2.05, 4.69) is 37.2 Å². The van der Waals surface area contributed by atoms with Crippen LogP contribution >= 0.6 is 24.0 Å². The molecule has 1 unspecified atom stereocenters. The molecule has 0 aliphatic carbocycles. The Morgan fingerprint density at radius 2 is 2.11 bits per heavy atom. The quantitative estimate of drug-likeness (QED) is 0.279. The minimum atomic E-state index is 0. The van der Waals surface area contributed by atoms with Gasteiger partial charge in [-0.1, -0.05) is 0 Å². The van der Waals surface area contributed by atoms with Crippen LogP contribution in [0.2, 0.25) is 0 Å². The van der Waals surface area contributed by atoms with Crippen molar-refractivity contribution in [2.75, 3.05) is 73.1 Å². The molecule has 0 saturated carbocycles. The van der Waals surface area contributed by atoms with Gasteiger partial charge in [0.25, 0.3) is 0 Å². The molecule has 2 aliphatic heterocycles. The molecule has 8 nitrogen and oxygen atoms in total. The van der Waals surface area contributed by atoms with Crippen molar-refractivity contribution in [3.05, 3.63) is 18.0 Å². The number of guanidine groups is 1. The zero-order chi connectivity index (χ0) is 19.1. The Kier molecular flexibility index (Phi) is 9.96. The predicted octanol–water partition coefficient (Wildman–Crippen LogP) is 1.01. The van der Waals surface area contributed by atoms with Crippen molar-refractivity contribution in [3.63, 3.8) is 0 Å². The summed E-state index contributed by atoms with van der Waals surface area (Å²) in [4.78, 5) is 11.8. The highest BCUT2D eigenvalue weighted by atomic mass is 127. The van der Waals surface area contributed by atoms with Crippen LogP contribution in [0.25, 0.3) is 0 Å². The number of aromatic nitrogens is 2. The lowest BCUT2D eigenvalue weighted by atomic mass is 10.1. The van der Waals surface area contributed by atoms with Crippen molar-refractivity contribution in [1.82, 2.24) is 29.8 Å². The van der Waals surface area contributed by atoms with Gasteiger partial charge in [0.15, 0.2) is 5.96 Å². The van der Waals surface area contributed by atoms with Crippen molar-refractivity contribution >= 4 is 29.9 Å². The molecule has 160 valence electrons. The van der Waals surface area contributed by atoms with Gasteiger partial charge in [-0.25, -0.2) is 0 Å². The van der Waals surface area contributed by atoms with Gasteiger partial charge in [-0.2, -0.15) is 5.10 Å². The highest BCUT2D eigenvalue weighted by Crippen LogP contribution is 2.21. The van der Waals surface area contributed by atoms with Crippen molar-refractivity contribution < 1.29 is 4.74 Å². The Balaban J connectivity index is 0.00000280. The third-order valence-electron chi connectivity index (χ3n) is 5.42. The Morgan fingerprint density at radius 3 is 2.86 bits per heavy atom. The van der Waals surface area contributed by atoms with E-state index < -0.39 is 0 Å². The number of nitrogens with zero attached hydrogens (tertiary/aromatic N) is 6. The first kappa shape index (κ1) is 23.4. The highest BCUT2D eigenvalue weighted by Gasteiger charge is 2.25. The Bertz CT molecular complexity index is 609. The van der Waals surface area contributed by atoms with Crippen molar-refractivity contribution in [2.24, 2.45) is 12.0 Å². The lowest BCUT2D eigenvalue weighted by molar-refractivity contribution is -0.00802. The minimum absolute atomic E-state index is 0. The molecule has 2 aliphatic rings. The number of halogens is 1. The normalized spacial score (nSPS) is 22.6. The molecular formula is C19H36IN7O. The topological polar surface area (TPSA) is 61.2 Å². The number of nitrogens with one attached hydrogen (secondary N) is 1. The zero-order valence-electron chi connectivity index (χ0n) is 17.5. The van der Waals surface area contributed by atoms with Gasteiger partial charge < -0.3 is 24.8 Å². The third kappa shape index (κ3) is 6.85. The average Bonchev–Trinajstić information content (AvgIpc) is 3.01. The first-order chi connectivity index (χ1) is 13.2.